The van der Waals surface area contributed by atoms with Gasteiger partial charge >= 0.3 is 0 Å². The molecular formula is C20H20ClN5O2. The van der Waals surface area contributed by atoms with Crippen LogP contribution in [0.15, 0.2) is 42.6 Å². The van der Waals surface area contributed by atoms with Crippen molar-refractivity contribution in [3.63, 3.8) is 0 Å². The molecule has 0 aliphatic rings. The lowest BCUT2D eigenvalue weighted by molar-refractivity contribution is 0.102. The summed E-state index contributed by atoms with van der Waals surface area (Å²) in [6.45, 7) is 4.07. The Balaban J connectivity index is 1.79. The maximum Gasteiger partial charge on any atom is 0.274 e. The monoisotopic (exact) mass is 397 g/mol. The predicted molar refractivity (Wildman–Crippen MR) is 109 cm³/mol. The van der Waals surface area contributed by atoms with E-state index in [1.54, 1.807) is 31.3 Å². The average molecular weight is 398 g/mol. The summed E-state index contributed by atoms with van der Waals surface area (Å²) >= 11 is 6.12. The number of methoxy groups -OCH3 is 1. The number of nitrogens with one attached hydrogen (secondary N) is 2. The van der Waals surface area contributed by atoms with Crippen LogP contribution in [0.3, 0.4) is 0 Å². The Morgan fingerprint density at radius 2 is 2.00 bits per heavy atom. The molecule has 2 aromatic heterocycles. The molecule has 0 spiro atoms. The highest BCUT2D eigenvalue weighted by Crippen LogP contribution is 2.31. The second-order valence-electron chi connectivity index (χ2n) is 6.12. The average Bonchev–Trinajstić information content (AvgIpc) is 2.69. The van der Waals surface area contributed by atoms with Crippen molar-refractivity contribution >= 4 is 29.0 Å². The molecule has 2 heterocycles. The van der Waals surface area contributed by atoms with Gasteiger partial charge in [0.1, 0.15) is 23.1 Å². The Hall–Kier alpha value is -3.19. The van der Waals surface area contributed by atoms with Gasteiger partial charge in [0.2, 0.25) is 0 Å². The van der Waals surface area contributed by atoms with Crippen molar-refractivity contribution in [3.8, 4) is 5.75 Å². The molecule has 144 valence electrons. The molecule has 0 aliphatic heterocycles. The minimum Gasteiger partial charge on any atom is -0.495 e. The van der Waals surface area contributed by atoms with Crippen LogP contribution in [-0.2, 0) is 6.54 Å². The lowest BCUT2D eigenvalue weighted by Crippen LogP contribution is -2.16. The summed E-state index contributed by atoms with van der Waals surface area (Å²) in [6.07, 6.45) is 1.72. The number of aryl methyl sites for hydroxylation is 2. The molecule has 0 saturated carbocycles. The molecule has 1 amide bonds. The first-order chi connectivity index (χ1) is 13.5. The van der Waals surface area contributed by atoms with Gasteiger partial charge in [-0.05, 0) is 37.6 Å². The largest absolute Gasteiger partial charge is 0.495 e. The molecule has 2 N–H and O–H groups in total. The third-order valence-electron chi connectivity index (χ3n) is 3.98. The summed E-state index contributed by atoms with van der Waals surface area (Å²) in [5.74, 6) is 1.13. The minimum absolute atomic E-state index is 0.241. The zero-order valence-electron chi connectivity index (χ0n) is 15.8. The van der Waals surface area contributed by atoms with Crippen LogP contribution in [0.4, 0.5) is 11.5 Å². The van der Waals surface area contributed by atoms with Crippen molar-refractivity contribution in [2.45, 2.75) is 20.4 Å². The van der Waals surface area contributed by atoms with Gasteiger partial charge in [-0.2, -0.15) is 0 Å². The van der Waals surface area contributed by atoms with E-state index < -0.39 is 0 Å². The van der Waals surface area contributed by atoms with Gasteiger partial charge in [-0.1, -0.05) is 17.7 Å². The summed E-state index contributed by atoms with van der Waals surface area (Å²) in [5, 5.41) is 6.55. The van der Waals surface area contributed by atoms with Crippen molar-refractivity contribution in [1.82, 2.24) is 15.0 Å². The first kappa shape index (κ1) is 19.6. The number of carbonyl (C=O) groups excluding carboxylic acids is 1. The van der Waals surface area contributed by atoms with Crippen molar-refractivity contribution in [3.05, 3.63) is 70.4 Å². The summed E-state index contributed by atoms with van der Waals surface area (Å²) in [5.41, 5.74) is 2.46. The Bertz CT molecular complexity index is 995. The fraction of sp³-hybridized carbons (Fsp3) is 0.200. The van der Waals surface area contributed by atoms with Crippen LogP contribution in [0, 0.1) is 13.8 Å². The molecule has 8 heteroatoms. The topological polar surface area (TPSA) is 89.0 Å². The highest BCUT2D eigenvalue weighted by atomic mass is 35.5. The molecule has 0 fully saturated rings. The Kier molecular flexibility index (Phi) is 6.06. The number of aromatic nitrogens is 3. The SMILES string of the molecule is COc1cc(Cl)c(C)cc1NC(=O)c1cc(NCc2ccccn2)nc(C)n1. The molecule has 1 aromatic carbocycles. The van der Waals surface area contributed by atoms with E-state index in [9.17, 15) is 4.79 Å². The molecule has 0 radical (unpaired) electrons. The number of hydrogen-bond acceptors (Lipinski definition) is 6. The van der Waals surface area contributed by atoms with E-state index >= 15 is 0 Å². The number of benzene rings is 1. The lowest BCUT2D eigenvalue weighted by atomic mass is 10.2. The maximum absolute atomic E-state index is 12.7. The summed E-state index contributed by atoms with van der Waals surface area (Å²) < 4.78 is 5.30. The first-order valence-electron chi connectivity index (χ1n) is 8.61. The molecule has 28 heavy (non-hydrogen) atoms. The third kappa shape index (κ3) is 4.75. The van der Waals surface area contributed by atoms with E-state index in [1.165, 1.54) is 7.11 Å². The van der Waals surface area contributed by atoms with E-state index in [1.807, 2.05) is 25.1 Å². The maximum atomic E-state index is 12.7. The number of anilines is 2. The van der Waals surface area contributed by atoms with Gasteiger partial charge in [-0.25, -0.2) is 9.97 Å². The van der Waals surface area contributed by atoms with Gasteiger partial charge in [-0.15, -0.1) is 0 Å². The normalized spacial score (nSPS) is 10.4. The van der Waals surface area contributed by atoms with Gasteiger partial charge in [0.15, 0.2) is 0 Å². The van der Waals surface area contributed by atoms with Crippen molar-refractivity contribution in [1.29, 1.82) is 0 Å². The van der Waals surface area contributed by atoms with Crippen molar-refractivity contribution < 1.29 is 9.53 Å². The number of halogens is 1. The van der Waals surface area contributed by atoms with Crippen LogP contribution >= 0.6 is 11.6 Å². The summed E-state index contributed by atoms with van der Waals surface area (Å²) in [4.78, 5) is 25.5. The number of hydrogen-bond donors (Lipinski definition) is 2. The molecule has 0 unspecified atom stereocenters. The van der Waals surface area contributed by atoms with Crippen molar-refractivity contribution in [2.24, 2.45) is 0 Å². The smallest absolute Gasteiger partial charge is 0.274 e. The first-order valence-corrected chi connectivity index (χ1v) is 8.99. The Morgan fingerprint density at radius 1 is 1.18 bits per heavy atom. The van der Waals surface area contributed by atoms with Crippen LogP contribution in [-0.4, -0.2) is 28.0 Å². The highest BCUT2D eigenvalue weighted by Gasteiger charge is 2.15. The molecule has 7 nitrogen and oxygen atoms in total. The summed E-state index contributed by atoms with van der Waals surface area (Å²) in [7, 11) is 1.52. The molecule has 3 rings (SSSR count). The van der Waals surface area contributed by atoms with Gasteiger partial charge < -0.3 is 15.4 Å². The van der Waals surface area contributed by atoms with E-state index in [0.29, 0.717) is 34.6 Å². The van der Waals surface area contributed by atoms with Crippen LogP contribution < -0.4 is 15.4 Å². The molecule has 0 aliphatic carbocycles. The van der Waals surface area contributed by atoms with Gasteiger partial charge in [0.25, 0.3) is 5.91 Å². The second-order valence-corrected chi connectivity index (χ2v) is 6.52. The van der Waals surface area contributed by atoms with Gasteiger partial charge in [-0.3, -0.25) is 9.78 Å². The fourth-order valence-electron chi connectivity index (χ4n) is 2.57. The zero-order chi connectivity index (χ0) is 20.1. The Labute approximate surface area is 168 Å². The van der Waals surface area contributed by atoms with Crippen molar-refractivity contribution in [2.75, 3.05) is 17.7 Å². The molecule has 0 bridgehead atoms. The molecule has 3 aromatic rings. The number of rotatable bonds is 6. The number of carbonyl (C=O) groups is 1. The molecular weight excluding hydrogens is 378 g/mol. The second kappa shape index (κ2) is 8.67. The summed E-state index contributed by atoms with van der Waals surface area (Å²) in [6, 6.07) is 10.7. The molecule has 0 saturated heterocycles. The predicted octanol–water partition coefficient (Wildman–Crippen LogP) is 4.01. The zero-order valence-corrected chi connectivity index (χ0v) is 16.5. The van der Waals surface area contributed by atoms with E-state index in [2.05, 4.69) is 25.6 Å². The standard InChI is InChI=1S/C20H20ClN5O2/c1-12-8-16(18(28-3)9-15(12)21)26-20(27)17-10-19(25-13(2)24-17)23-11-14-6-4-5-7-22-14/h4-10H,11H2,1-3H3,(H,26,27)(H,23,24,25). The van der Waals surface area contributed by atoms with E-state index in [4.69, 9.17) is 16.3 Å². The van der Waals surface area contributed by atoms with Gasteiger partial charge in [0.05, 0.1) is 25.0 Å². The highest BCUT2D eigenvalue weighted by molar-refractivity contribution is 6.31. The Morgan fingerprint density at radius 3 is 2.71 bits per heavy atom. The van der Waals surface area contributed by atoms with Gasteiger partial charge in [0, 0.05) is 23.4 Å². The number of pyridine rings is 1. The van der Waals surface area contributed by atoms with Crippen LogP contribution in [0.25, 0.3) is 0 Å². The number of ether oxygens (including phenoxy) is 1. The number of nitrogens with zero attached hydrogens (tertiary/aromatic N) is 3. The third-order valence-corrected chi connectivity index (χ3v) is 4.38. The van der Waals surface area contributed by atoms with E-state index in [0.717, 1.165) is 11.3 Å². The van der Waals surface area contributed by atoms with Crippen LogP contribution in [0.2, 0.25) is 5.02 Å². The minimum atomic E-state index is -0.369. The van der Waals surface area contributed by atoms with Crippen LogP contribution in [0.5, 0.6) is 5.75 Å². The van der Waals surface area contributed by atoms with Crippen LogP contribution in [0.1, 0.15) is 27.6 Å². The lowest BCUT2D eigenvalue weighted by Gasteiger charge is -2.13. The quantitative estimate of drug-likeness (QED) is 0.653. The number of amides is 1. The molecule has 0 atom stereocenters. The fourth-order valence-corrected chi connectivity index (χ4v) is 2.73. The van der Waals surface area contributed by atoms with E-state index in [-0.39, 0.29) is 11.6 Å².